The molecule has 3 aliphatic heterocycles. The minimum Gasteiger partial charge on any atom is -0.481 e. The number of carbonyl (C=O) groups excluding carboxylic acids is 6. The minimum absolute atomic E-state index is 0.0583. The van der Waals surface area contributed by atoms with E-state index in [4.69, 9.17) is 40.3 Å². The van der Waals surface area contributed by atoms with Gasteiger partial charge in [-0.3, -0.25) is 52.9 Å². The van der Waals surface area contributed by atoms with Gasteiger partial charge in [0.15, 0.2) is 0 Å². The lowest BCUT2D eigenvalue weighted by molar-refractivity contribution is -0.136. The fraction of sp³-hybridized carbons (Fsp3) is 0.509. The molecule has 0 spiro atoms. The van der Waals surface area contributed by atoms with Crippen LogP contribution in [-0.2, 0) is 91.8 Å². The lowest BCUT2D eigenvalue weighted by Gasteiger charge is -2.30. The molecule has 21 heteroatoms. The molecule has 74 heavy (non-hydrogen) atoms. The fourth-order valence-electron chi connectivity index (χ4n) is 9.36. The van der Waals surface area contributed by atoms with Crippen molar-refractivity contribution in [2.24, 2.45) is 18.5 Å². The number of primary amides is 1. The highest BCUT2D eigenvalue weighted by atomic mass is 16.5. The zero-order chi connectivity index (χ0) is 53.3. The van der Waals surface area contributed by atoms with Crippen LogP contribution in [0.1, 0.15) is 92.7 Å². The van der Waals surface area contributed by atoms with E-state index in [0.29, 0.717) is 57.8 Å². The van der Waals surface area contributed by atoms with E-state index in [0.717, 1.165) is 71.6 Å². The van der Waals surface area contributed by atoms with Gasteiger partial charge in [0.1, 0.15) is 18.7 Å². The smallest absolute Gasteiger partial charge is 0.329 e. The van der Waals surface area contributed by atoms with E-state index in [9.17, 15) is 33.6 Å². The van der Waals surface area contributed by atoms with E-state index in [2.05, 4.69) is 16.0 Å². The number of carboxylic acid groups (broad SMARTS) is 1. The first kappa shape index (κ1) is 56.5. The van der Waals surface area contributed by atoms with Crippen LogP contribution in [0.25, 0.3) is 11.0 Å². The van der Waals surface area contributed by atoms with Crippen LogP contribution >= 0.6 is 0 Å². The summed E-state index contributed by atoms with van der Waals surface area (Å²) >= 11 is 0. The fourth-order valence-corrected chi connectivity index (χ4v) is 9.36. The van der Waals surface area contributed by atoms with Crippen molar-refractivity contribution in [3.8, 4) is 0 Å². The Hall–Kier alpha value is -6.78. The average Bonchev–Trinajstić information content (AvgIpc) is 3.84. The maximum atomic E-state index is 13.8. The standard InChI is InChI=1S/C51H66N8O11.C2H4O2/c1-32(39(17-20-44(53)60)55-49(64)43-29-37-9-3-8-36-15-16-38(52)50(65)59(43)47(36)37)70-30-35-12-10-33(11-13-35)6-4-22-54-46(62)31-69-27-26-68-25-24-67-23-5-7-34-14-18-40-42(28-34)57(2)51(66)58(40)41-19-21-45(61)56-48(41)63;1-2(3)4/h3,8-14,18,28,32,38-39,41,43H,4-7,15-17,19-27,29-31,52H2,1-2H3,(H2,53,60)(H,54,62)(H,55,64)(H,56,61,63);1H3,(H,3,4)/t32-,38+,39+,41?,43+;/m1./s1. The Morgan fingerprint density at radius 3 is 2.22 bits per heavy atom. The number of imide groups is 1. The summed E-state index contributed by atoms with van der Waals surface area (Å²) in [6, 6.07) is 16.9. The molecule has 6 amide bonds. The number of aryl methyl sites for hydroxylation is 4. The van der Waals surface area contributed by atoms with Gasteiger partial charge in [-0.05, 0) is 98.2 Å². The van der Waals surface area contributed by atoms with Gasteiger partial charge >= 0.3 is 5.69 Å². The Kier molecular flexibility index (Phi) is 21.0. The molecule has 1 aromatic heterocycles. The zero-order valence-corrected chi connectivity index (χ0v) is 42.4. The number of piperidine rings is 1. The number of ether oxygens (including phenoxy) is 4. The first-order valence-corrected chi connectivity index (χ1v) is 25.2. The predicted molar refractivity (Wildman–Crippen MR) is 273 cm³/mol. The van der Waals surface area contributed by atoms with Gasteiger partial charge in [0, 0.05) is 46.4 Å². The van der Waals surface area contributed by atoms with Crippen molar-refractivity contribution < 1.29 is 57.6 Å². The molecule has 21 nitrogen and oxygen atoms in total. The number of amides is 6. The number of carbonyl (C=O) groups is 7. The number of anilines is 1. The summed E-state index contributed by atoms with van der Waals surface area (Å²) in [5, 5.41) is 15.7. The third-order valence-electron chi connectivity index (χ3n) is 13.3. The van der Waals surface area contributed by atoms with Crippen LogP contribution in [0.15, 0.2) is 65.5 Å². The molecule has 0 bridgehead atoms. The van der Waals surface area contributed by atoms with Crippen molar-refractivity contribution in [3.63, 3.8) is 0 Å². The van der Waals surface area contributed by atoms with Crippen LogP contribution in [0.5, 0.6) is 0 Å². The molecule has 0 saturated carbocycles. The summed E-state index contributed by atoms with van der Waals surface area (Å²) in [5.41, 5.74) is 18.6. The first-order valence-electron chi connectivity index (χ1n) is 25.2. The summed E-state index contributed by atoms with van der Waals surface area (Å²) < 4.78 is 26.0. The third kappa shape index (κ3) is 15.6. The molecule has 8 N–H and O–H groups in total. The van der Waals surface area contributed by atoms with E-state index in [1.807, 2.05) is 67.6 Å². The molecule has 1 saturated heterocycles. The molecule has 1 fully saturated rings. The summed E-state index contributed by atoms with van der Waals surface area (Å²) in [4.78, 5) is 98.9. The van der Waals surface area contributed by atoms with Crippen LogP contribution in [0.4, 0.5) is 5.69 Å². The van der Waals surface area contributed by atoms with Crippen molar-refractivity contribution >= 4 is 58.1 Å². The second kappa shape index (κ2) is 27.5. The van der Waals surface area contributed by atoms with E-state index in [-0.39, 0.29) is 74.8 Å². The van der Waals surface area contributed by atoms with Gasteiger partial charge in [0.05, 0.1) is 67.9 Å². The quantitative estimate of drug-likeness (QED) is 0.0388. The molecule has 1 unspecified atom stereocenters. The van der Waals surface area contributed by atoms with Crippen molar-refractivity contribution in [1.29, 1.82) is 0 Å². The third-order valence-corrected chi connectivity index (χ3v) is 13.3. The maximum absolute atomic E-state index is 13.8. The lowest BCUT2D eigenvalue weighted by atomic mass is 10.0. The van der Waals surface area contributed by atoms with E-state index in [1.54, 1.807) is 11.9 Å². The van der Waals surface area contributed by atoms with Gasteiger partial charge in [-0.25, -0.2) is 4.79 Å². The number of aliphatic carboxylic acids is 1. The number of nitrogens with one attached hydrogen (secondary N) is 3. The SMILES string of the molecule is CC(=O)O.C[C@@H](OCc1ccc(CCCNC(=O)COCCOCCOCCCc2ccc3c(c2)n(C)c(=O)n3C2CCC(=O)NC2=O)cc1)[C@H](CCC(N)=O)NC(=O)[C@@H]1Cc2cccc3c2N1C(=O)[C@@H](N)CC3. The summed E-state index contributed by atoms with van der Waals surface area (Å²) in [6.45, 7) is 5.57. The normalized spacial score (nSPS) is 17.9. The van der Waals surface area contributed by atoms with Crippen molar-refractivity contribution in [3.05, 3.63) is 99.0 Å². The van der Waals surface area contributed by atoms with E-state index >= 15 is 0 Å². The number of nitrogens with zero attached hydrogens (tertiary/aromatic N) is 3. The molecule has 5 atom stereocenters. The molecule has 4 heterocycles. The molecule has 3 aliphatic rings. The summed E-state index contributed by atoms with van der Waals surface area (Å²) in [7, 11) is 1.68. The number of hydrogen-bond acceptors (Lipinski definition) is 13. The van der Waals surface area contributed by atoms with Crippen LogP contribution in [0.2, 0.25) is 0 Å². The van der Waals surface area contributed by atoms with Crippen LogP contribution in [0.3, 0.4) is 0 Å². The molecule has 7 rings (SSSR count). The Balaban J connectivity index is 0.00000215. The van der Waals surface area contributed by atoms with Crippen LogP contribution in [-0.4, -0.2) is 126 Å². The number of benzene rings is 3. The average molecular weight is 1030 g/mol. The van der Waals surface area contributed by atoms with Crippen molar-refractivity contribution in [2.45, 2.75) is 121 Å². The molecular formula is C53H70N8O13. The molecule has 0 radical (unpaired) electrons. The molecule has 400 valence electrons. The second-order valence-electron chi connectivity index (χ2n) is 18.8. The first-order chi connectivity index (χ1) is 35.5. The highest BCUT2D eigenvalue weighted by Gasteiger charge is 2.43. The largest absolute Gasteiger partial charge is 0.481 e. The Bertz CT molecular complexity index is 2680. The summed E-state index contributed by atoms with van der Waals surface area (Å²) in [6.07, 6.45) is 4.89. The van der Waals surface area contributed by atoms with Gasteiger partial charge in [-0.2, -0.15) is 0 Å². The van der Waals surface area contributed by atoms with Gasteiger partial charge in [0.25, 0.3) is 5.97 Å². The van der Waals surface area contributed by atoms with Crippen molar-refractivity contribution in [2.75, 3.05) is 51.1 Å². The van der Waals surface area contributed by atoms with E-state index < -0.39 is 48.1 Å². The Morgan fingerprint density at radius 1 is 0.838 bits per heavy atom. The minimum atomic E-state index is -0.833. The summed E-state index contributed by atoms with van der Waals surface area (Å²) in [5.74, 6) is -2.90. The number of rotatable bonds is 26. The Labute approximate surface area is 429 Å². The highest BCUT2D eigenvalue weighted by Crippen LogP contribution is 2.39. The molecule has 3 aromatic carbocycles. The highest BCUT2D eigenvalue weighted by molar-refractivity contribution is 6.07. The number of aromatic nitrogens is 2. The molecular weight excluding hydrogens is 957 g/mol. The van der Waals surface area contributed by atoms with E-state index in [1.165, 1.54) is 9.13 Å². The molecule has 4 aromatic rings. The van der Waals surface area contributed by atoms with Gasteiger partial charge in [-0.15, -0.1) is 0 Å². The van der Waals surface area contributed by atoms with Gasteiger partial charge < -0.3 is 46.2 Å². The zero-order valence-electron chi connectivity index (χ0n) is 42.4. The van der Waals surface area contributed by atoms with Gasteiger partial charge in [-0.1, -0.05) is 48.5 Å². The number of para-hydroxylation sites is 1. The number of imidazole rings is 1. The second-order valence-corrected chi connectivity index (χ2v) is 18.8. The number of fused-ring (bicyclic) bond motifs is 1. The molecule has 0 aliphatic carbocycles. The predicted octanol–water partition coefficient (Wildman–Crippen LogP) is 2.03. The Morgan fingerprint density at radius 2 is 1.50 bits per heavy atom. The van der Waals surface area contributed by atoms with Crippen LogP contribution < -0.4 is 38.0 Å². The van der Waals surface area contributed by atoms with Crippen LogP contribution in [0, 0.1) is 0 Å². The number of hydrogen-bond donors (Lipinski definition) is 6. The number of nitrogens with two attached hydrogens (primary N) is 2. The maximum Gasteiger partial charge on any atom is 0.329 e. The number of carboxylic acids is 1. The monoisotopic (exact) mass is 1030 g/mol. The van der Waals surface area contributed by atoms with Gasteiger partial charge in [0.2, 0.25) is 35.4 Å². The lowest BCUT2D eigenvalue weighted by Crippen LogP contribution is -2.55. The van der Waals surface area contributed by atoms with Crippen molar-refractivity contribution in [1.82, 2.24) is 25.1 Å². The topological polar surface area (TPSA) is 295 Å².